The van der Waals surface area contributed by atoms with Gasteiger partial charge in [-0.2, -0.15) is 0 Å². The second kappa shape index (κ2) is 6.10. The molecule has 0 saturated heterocycles. The summed E-state index contributed by atoms with van der Waals surface area (Å²) in [7, 11) is 0. The molecular formula is C9H21O2PS. The summed E-state index contributed by atoms with van der Waals surface area (Å²) in [6, 6.07) is 0. The van der Waals surface area contributed by atoms with Crippen LogP contribution in [-0.4, -0.2) is 19.0 Å². The quantitative estimate of drug-likeness (QED) is 0.641. The molecule has 0 aromatic heterocycles. The van der Waals surface area contributed by atoms with Gasteiger partial charge < -0.3 is 4.52 Å². The first-order valence-electron chi connectivity index (χ1n) is 4.70. The molecule has 1 unspecified atom stereocenters. The fourth-order valence-electron chi connectivity index (χ4n) is 0.606. The molecule has 0 amide bonds. The van der Waals surface area contributed by atoms with Crippen LogP contribution in [0.15, 0.2) is 0 Å². The molecule has 2 nitrogen and oxygen atoms in total. The van der Waals surface area contributed by atoms with Crippen LogP contribution >= 0.6 is 18.0 Å². The Hall–Kier alpha value is 0.540. The van der Waals surface area contributed by atoms with Crippen molar-refractivity contribution < 1.29 is 9.09 Å². The topological polar surface area (TPSA) is 26.3 Å². The van der Waals surface area contributed by atoms with Gasteiger partial charge in [-0.1, -0.05) is 39.1 Å². The van der Waals surface area contributed by atoms with Gasteiger partial charge in [0.1, 0.15) is 0 Å². The largest absolute Gasteiger partial charge is 0.321 e. The van der Waals surface area contributed by atoms with Crippen molar-refractivity contribution >= 4 is 18.0 Å². The predicted molar refractivity (Wildman–Crippen MR) is 61.6 cm³/mol. The zero-order valence-corrected chi connectivity index (χ0v) is 11.0. The number of rotatable bonds is 6. The lowest BCUT2D eigenvalue weighted by Gasteiger charge is -2.15. The van der Waals surface area contributed by atoms with Crippen molar-refractivity contribution in [1.29, 1.82) is 0 Å². The lowest BCUT2D eigenvalue weighted by atomic mass is 10.2. The van der Waals surface area contributed by atoms with Gasteiger partial charge in [0, 0.05) is 12.4 Å². The van der Waals surface area contributed by atoms with Crippen molar-refractivity contribution in [2.24, 2.45) is 11.8 Å². The zero-order chi connectivity index (χ0) is 10.5. The van der Waals surface area contributed by atoms with Gasteiger partial charge in [-0.3, -0.25) is 4.57 Å². The average molecular weight is 224 g/mol. The minimum Gasteiger partial charge on any atom is -0.321 e. The van der Waals surface area contributed by atoms with Crippen LogP contribution in [0, 0.1) is 11.8 Å². The predicted octanol–water partition coefficient (Wildman–Crippen LogP) is 3.87. The van der Waals surface area contributed by atoms with E-state index < -0.39 is 6.57 Å². The Morgan fingerprint density at radius 3 is 2.15 bits per heavy atom. The van der Waals surface area contributed by atoms with Gasteiger partial charge in [-0.25, -0.2) is 0 Å². The molecule has 13 heavy (non-hydrogen) atoms. The lowest BCUT2D eigenvalue weighted by Crippen LogP contribution is -1.99. The molecule has 0 bridgehead atoms. The van der Waals surface area contributed by atoms with E-state index in [0.717, 1.165) is 5.75 Å². The van der Waals surface area contributed by atoms with Crippen molar-refractivity contribution in [2.75, 3.05) is 19.0 Å². The van der Waals surface area contributed by atoms with Crippen LogP contribution in [0.4, 0.5) is 0 Å². The van der Waals surface area contributed by atoms with Crippen molar-refractivity contribution in [3.8, 4) is 0 Å². The summed E-state index contributed by atoms with van der Waals surface area (Å²) in [4.78, 5) is 0. The van der Waals surface area contributed by atoms with Crippen LogP contribution in [0.2, 0.25) is 0 Å². The molecule has 0 saturated carbocycles. The van der Waals surface area contributed by atoms with Crippen molar-refractivity contribution in [1.82, 2.24) is 0 Å². The van der Waals surface area contributed by atoms with Crippen LogP contribution in [0.1, 0.15) is 27.7 Å². The van der Waals surface area contributed by atoms with E-state index in [1.165, 1.54) is 11.4 Å². The standard InChI is InChI=1S/C9H21O2PS/c1-8(2)6-11-12(5,10)13-7-9(3)4/h8-9H,6-7H2,1-5H3. The Morgan fingerprint density at radius 1 is 1.23 bits per heavy atom. The molecule has 0 aromatic rings. The van der Waals surface area contributed by atoms with E-state index in [4.69, 9.17) is 4.52 Å². The highest BCUT2D eigenvalue weighted by Crippen LogP contribution is 2.56. The number of hydrogen-bond donors (Lipinski definition) is 0. The molecule has 0 fully saturated rings. The van der Waals surface area contributed by atoms with Crippen LogP contribution in [0.5, 0.6) is 0 Å². The van der Waals surface area contributed by atoms with E-state index >= 15 is 0 Å². The molecule has 0 radical (unpaired) electrons. The van der Waals surface area contributed by atoms with Crippen molar-refractivity contribution in [3.05, 3.63) is 0 Å². The van der Waals surface area contributed by atoms with E-state index in [1.54, 1.807) is 6.66 Å². The van der Waals surface area contributed by atoms with E-state index in [1.807, 2.05) is 0 Å². The van der Waals surface area contributed by atoms with Gasteiger partial charge in [-0.05, 0) is 11.8 Å². The molecular weight excluding hydrogens is 203 g/mol. The summed E-state index contributed by atoms with van der Waals surface area (Å²) in [5.41, 5.74) is 0. The molecule has 1 atom stereocenters. The Labute approximate surface area is 86.0 Å². The molecule has 80 valence electrons. The van der Waals surface area contributed by atoms with Crippen molar-refractivity contribution in [3.63, 3.8) is 0 Å². The van der Waals surface area contributed by atoms with Crippen molar-refractivity contribution in [2.45, 2.75) is 27.7 Å². The van der Waals surface area contributed by atoms with Crippen LogP contribution < -0.4 is 0 Å². The first-order chi connectivity index (χ1) is 5.83. The summed E-state index contributed by atoms with van der Waals surface area (Å²) in [5.74, 6) is 1.93. The second-order valence-electron chi connectivity index (χ2n) is 4.15. The maximum Gasteiger partial charge on any atom is 0.254 e. The fourth-order valence-corrected chi connectivity index (χ4v) is 3.93. The number of hydrogen-bond acceptors (Lipinski definition) is 3. The zero-order valence-electron chi connectivity index (χ0n) is 9.24. The molecule has 0 aliphatic carbocycles. The monoisotopic (exact) mass is 224 g/mol. The van der Waals surface area contributed by atoms with Gasteiger partial charge in [0.15, 0.2) is 0 Å². The molecule has 0 aliphatic rings. The average Bonchev–Trinajstić information content (AvgIpc) is 1.98. The third-order valence-electron chi connectivity index (χ3n) is 1.28. The maximum atomic E-state index is 11.8. The van der Waals surface area contributed by atoms with E-state index in [9.17, 15) is 4.57 Å². The summed E-state index contributed by atoms with van der Waals surface area (Å²) in [6.07, 6.45) is 0. The lowest BCUT2D eigenvalue weighted by molar-refractivity contribution is 0.282. The van der Waals surface area contributed by atoms with Gasteiger partial charge in [0.25, 0.3) is 6.57 Å². The maximum absolute atomic E-state index is 11.8. The minimum absolute atomic E-state index is 0.452. The van der Waals surface area contributed by atoms with Crippen LogP contribution in [0.3, 0.4) is 0 Å². The van der Waals surface area contributed by atoms with Gasteiger partial charge in [0.05, 0.1) is 6.61 Å². The van der Waals surface area contributed by atoms with Crippen LogP contribution in [-0.2, 0) is 9.09 Å². The fraction of sp³-hybridized carbons (Fsp3) is 1.00. The first-order valence-corrected chi connectivity index (χ1v) is 8.36. The second-order valence-corrected chi connectivity index (χ2v) is 9.31. The third kappa shape index (κ3) is 8.86. The van der Waals surface area contributed by atoms with E-state index in [2.05, 4.69) is 27.7 Å². The Balaban J connectivity index is 3.74. The highest BCUT2D eigenvalue weighted by atomic mass is 32.7. The first kappa shape index (κ1) is 13.5. The molecule has 0 rings (SSSR count). The molecule has 0 aromatic carbocycles. The SMILES string of the molecule is CC(C)COP(C)(=O)SCC(C)C. The molecule has 0 aliphatic heterocycles. The highest BCUT2D eigenvalue weighted by molar-refractivity contribution is 8.56. The Kier molecular flexibility index (Phi) is 6.36. The van der Waals surface area contributed by atoms with Gasteiger partial charge >= 0.3 is 0 Å². The summed E-state index contributed by atoms with van der Waals surface area (Å²) in [6.45, 7) is 8.29. The normalized spacial score (nSPS) is 16.5. The van der Waals surface area contributed by atoms with Crippen LogP contribution in [0.25, 0.3) is 0 Å². The smallest absolute Gasteiger partial charge is 0.254 e. The van der Waals surface area contributed by atoms with Gasteiger partial charge in [0.2, 0.25) is 0 Å². The third-order valence-corrected chi connectivity index (χ3v) is 5.36. The summed E-state index contributed by atoms with van der Waals surface area (Å²) < 4.78 is 17.1. The summed E-state index contributed by atoms with van der Waals surface area (Å²) in [5, 5.41) is 0. The van der Waals surface area contributed by atoms with E-state index in [-0.39, 0.29) is 0 Å². The Morgan fingerprint density at radius 2 is 1.77 bits per heavy atom. The molecule has 0 spiro atoms. The van der Waals surface area contributed by atoms with E-state index in [0.29, 0.717) is 18.4 Å². The highest BCUT2D eigenvalue weighted by Gasteiger charge is 2.17. The molecule has 4 heteroatoms. The molecule has 0 heterocycles. The molecule has 0 N–H and O–H groups in total. The summed E-state index contributed by atoms with van der Waals surface area (Å²) >= 11 is 1.46. The minimum atomic E-state index is -2.38. The Bertz CT molecular complexity index is 164. The van der Waals surface area contributed by atoms with Gasteiger partial charge in [-0.15, -0.1) is 0 Å².